The number of hydrogen-bond acceptors (Lipinski definition) is 2. The Bertz CT molecular complexity index is 467. The minimum absolute atomic E-state index is 0.113. The van der Waals surface area contributed by atoms with E-state index in [2.05, 4.69) is 16.8 Å². The van der Waals surface area contributed by atoms with E-state index in [9.17, 15) is 4.79 Å². The van der Waals surface area contributed by atoms with Crippen LogP contribution in [0.4, 0.5) is 0 Å². The standard InChI is InChI=1S/C13H18ClN3O/c1-9-7-16(5-4-15-9)13(18)12-6-10(14)8-17(12)11-2-3-11/h6,8-9,11,15H,2-5,7H2,1H3/t9-/m0/s1. The van der Waals surface area contributed by atoms with Gasteiger partial charge < -0.3 is 14.8 Å². The first kappa shape index (κ1) is 12.1. The van der Waals surface area contributed by atoms with Gasteiger partial charge in [0.05, 0.1) is 5.02 Å². The average Bonchev–Trinajstić information content (AvgIpc) is 3.12. The van der Waals surface area contributed by atoms with Crippen LogP contribution >= 0.6 is 11.6 Å². The minimum atomic E-state index is 0.113. The van der Waals surface area contributed by atoms with E-state index in [0.29, 0.717) is 17.1 Å². The second kappa shape index (κ2) is 4.59. The first-order valence-electron chi connectivity index (χ1n) is 6.55. The van der Waals surface area contributed by atoms with Crippen LogP contribution in [0, 0.1) is 0 Å². The van der Waals surface area contributed by atoms with Crippen molar-refractivity contribution < 1.29 is 4.79 Å². The molecule has 0 bridgehead atoms. The monoisotopic (exact) mass is 267 g/mol. The molecule has 2 fully saturated rings. The van der Waals surface area contributed by atoms with Gasteiger partial charge in [0.1, 0.15) is 5.69 Å². The summed E-state index contributed by atoms with van der Waals surface area (Å²) in [6.45, 7) is 4.51. The first-order chi connectivity index (χ1) is 8.65. The summed E-state index contributed by atoms with van der Waals surface area (Å²) in [6.07, 6.45) is 4.20. The zero-order valence-corrected chi connectivity index (χ0v) is 11.3. The largest absolute Gasteiger partial charge is 0.339 e. The van der Waals surface area contributed by atoms with Crippen LogP contribution in [0.5, 0.6) is 0 Å². The van der Waals surface area contributed by atoms with E-state index >= 15 is 0 Å². The van der Waals surface area contributed by atoms with E-state index in [1.54, 1.807) is 6.07 Å². The fourth-order valence-electron chi connectivity index (χ4n) is 2.55. The highest BCUT2D eigenvalue weighted by molar-refractivity contribution is 6.31. The Morgan fingerprint density at radius 3 is 2.94 bits per heavy atom. The number of amides is 1. The molecule has 5 heteroatoms. The second-order valence-electron chi connectivity index (χ2n) is 5.29. The van der Waals surface area contributed by atoms with Crippen LogP contribution in [-0.4, -0.2) is 41.1 Å². The summed E-state index contributed by atoms with van der Waals surface area (Å²) in [5.41, 5.74) is 0.747. The number of nitrogens with one attached hydrogen (secondary N) is 1. The van der Waals surface area contributed by atoms with E-state index in [4.69, 9.17) is 11.6 Å². The van der Waals surface area contributed by atoms with E-state index < -0.39 is 0 Å². The molecular weight excluding hydrogens is 250 g/mol. The number of carbonyl (C=O) groups is 1. The lowest BCUT2D eigenvalue weighted by molar-refractivity contribution is 0.0698. The maximum atomic E-state index is 12.5. The molecule has 0 unspecified atom stereocenters. The Hall–Kier alpha value is -1.00. The van der Waals surface area contributed by atoms with Crippen LogP contribution < -0.4 is 5.32 Å². The van der Waals surface area contributed by atoms with Crippen molar-refractivity contribution in [2.24, 2.45) is 0 Å². The number of carbonyl (C=O) groups excluding carboxylic acids is 1. The number of aromatic nitrogens is 1. The predicted octanol–water partition coefficient (Wildman–Crippen LogP) is 1.91. The molecule has 1 saturated carbocycles. The van der Waals surface area contributed by atoms with E-state index in [1.807, 2.05) is 11.1 Å². The van der Waals surface area contributed by atoms with Crippen LogP contribution in [0.2, 0.25) is 5.02 Å². The molecule has 1 aromatic rings. The first-order valence-corrected chi connectivity index (χ1v) is 6.93. The summed E-state index contributed by atoms with van der Waals surface area (Å²) in [7, 11) is 0. The van der Waals surface area contributed by atoms with Gasteiger partial charge >= 0.3 is 0 Å². The highest BCUT2D eigenvalue weighted by Gasteiger charge is 2.30. The molecule has 0 aromatic carbocycles. The maximum Gasteiger partial charge on any atom is 0.270 e. The fraction of sp³-hybridized carbons (Fsp3) is 0.615. The summed E-state index contributed by atoms with van der Waals surface area (Å²) < 4.78 is 2.05. The molecule has 2 aliphatic rings. The van der Waals surface area contributed by atoms with Crippen LogP contribution in [0.15, 0.2) is 12.3 Å². The lowest BCUT2D eigenvalue weighted by Gasteiger charge is -2.32. The van der Waals surface area contributed by atoms with Gasteiger partial charge in [-0.3, -0.25) is 4.79 Å². The Morgan fingerprint density at radius 2 is 2.28 bits per heavy atom. The van der Waals surface area contributed by atoms with Crippen LogP contribution in [0.25, 0.3) is 0 Å². The van der Waals surface area contributed by atoms with Crippen molar-refractivity contribution in [2.45, 2.75) is 31.8 Å². The molecule has 18 heavy (non-hydrogen) atoms. The van der Waals surface area contributed by atoms with Gasteiger partial charge in [-0.15, -0.1) is 0 Å². The number of piperazine rings is 1. The molecule has 1 aliphatic carbocycles. The van der Waals surface area contributed by atoms with Gasteiger partial charge in [0.25, 0.3) is 5.91 Å². The van der Waals surface area contributed by atoms with Crippen molar-refractivity contribution in [2.75, 3.05) is 19.6 Å². The SMILES string of the molecule is C[C@H]1CN(C(=O)c2cc(Cl)cn2C2CC2)CCN1. The number of rotatable bonds is 2. The number of nitrogens with zero attached hydrogens (tertiary/aromatic N) is 2. The van der Waals surface area contributed by atoms with Gasteiger partial charge in [-0.25, -0.2) is 0 Å². The van der Waals surface area contributed by atoms with Crippen molar-refractivity contribution in [1.82, 2.24) is 14.8 Å². The second-order valence-corrected chi connectivity index (χ2v) is 5.72. The molecule has 1 atom stereocenters. The van der Waals surface area contributed by atoms with Crippen molar-refractivity contribution >= 4 is 17.5 Å². The molecule has 3 rings (SSSR count). The Kier molecular flexibility index (Phi) is 3.08. The van der Waals surface area contributed by atoms with Gasteiger partial charge in [0.2, 0.25) is 0 Å². The van der Waals surface area contributed by atoms with Gasteiger partial charge in [0, 0.05) is 37.9 Å². The average molecular weight is 268 g/mol. The summed E-state index contributed by atoms with van der Waals surface area (Å²) in [4.78, 5) is 14.5. The zero-order valence-electron chi connectivity index (χ0n) is 10.5. The smallest absolute Gasteiger partial charge is 0.270 e. The molecule has 1 aliphatic heterocycles. The topological polar surface area (TPSA) is 37.3 Å². The molecule has 1 aromatic heterocycles. The van der Waals surface area contributed by atoms with Gasteiger partial charge in [-0.1, -0.05) is 11.6 Å². The van der Waals surface area contributed by atoms with Crippen LogP contribution in [0.3, 0.4) is 0 Å². The van der Waals surface area contributed by atoms with Gasteiger partial charge in [0.15, 0.2) is 0 Å². The zero-order chi connectivity index (χ0) is 12.7. The van der Waals surface area contributed by atoms with Crippen LogP contribution in [-0.2, 0) is 0 Å². The molecule has 98 valence electrons. The number of hydrogen-bond donors (Lipinski definition) is 1. The lowest BCUT2D eigenvalue weighted by atomic mass is 10.2. The van der Waals surface area contributed by atoms with Crippen molar-refractivity contribution in [3.63, 3.8) is 0 Å². The highest BCUT2D eigenvalue weighted by Crippen LogP contribution is 2.37. The molecule has 0 radical (unpaired) electrons. The molecular formula is C13H18ClN3O. The third-order valence-corrected chi connectivity index (χ3v) is 3.84. The molecule has 1 saturated heterocycles. The molecule has 2 heterocycles. The minimum Gasteiger partial charge on any atom is -0.339 e. The van der Waals surface area contributed by atoms with Crippen molar-refractivity contribution in [3.05, 3.63) is 23.0 Å². The Balaban J connectivity index is 1.82. The fourth-order valence-corrected chi connectivity index (χ4v) is 2.76. The van der Waals surface area contributed by atoms with E-state index in [0.717, 1.165) is 38.2 Å². The lowest BCUT2D eigenvalue weighted by Crippen LogP contribution is -2.51. The predicted molar refractivity (Wildman–Crippen MR) is 71.1 cm³/mol. The van der Waals surface area contributed by atoms with Crippen molar-refractivity contribution in [3.8, 4) is 0 Å². The molecule has 0 spiro atoms. The molecule has 1 amide bonds. The van der Waals surface area contributed by atoms with Crippen LogP contribution in [0.1, 0.15) is 36.3 Å². The highest BCUT2D eigenvalue weighted by atomic mass is 35.5. The van der Waals surface area contributed by atoms with Crippen molar-refractivity contribution in [1.29, 1.82) is 0 Å². The third kappa shape index (κ3) is 2.27. The van der Waals surface area contributed by atoms with E-state index in [1.165, 1.54) is 0 Å². The van der Waals surface area contributed by atoms with E-state index in [-0.39, 0.29) is 5.91 Å². The van der Waals surface area contributed by atoms with Gasteiger partial charge in [-0.05, 0) is 25.8 Å². The summed E-state index contributed by atoms with van der Waals surface area (Å²) in [6, 6.07) is 2.65. The van der Waals surface area contributed by atoms with Gasteiger partial charge in [-0.2, -0.15) is 0 Å². The normalized spacial score (nSPS) is 24.3. The third-order valence-electron chi connectivity index (χ3n) is 3.63. The summed E-state index contributed by atoms with van der Waals surface area (Å²) >= 11 is 6.05. The number of halogens is 1. The summed E-state index contributed by atoms with van der Waals surface area (Å²) in [5.74, 6) is 0.113. The molecule has 1 N–H and O–H groups in total. The Morgan fingerprint density at radius 1 is 1.50 bits per heavy atom. The Labute approximate surface area is 112 Å². The quantitative estimate of drug-likeness (QED) is 0.889. The summed E-state index contributed by atoms with van der Waals surface area (Å²) in [5, 5.41) is 4.01. The maximum absolute atomic E-state index is 12.5. The molecule has 4 nitrogen and oxygen atoms in total.